The first-order valence-electron chi connectivity index (χ1n) is 8.40. The number of rotatable bonds is 8. The zero-order chi connectivity index (χ0) is 18.1. The van der Waals surface area contributed by atoms with Crippen molar-refractivity contribution in [2.24, 2.45) is 0 Å². The normalized spacial score (nSPS) is 11.8. The maximum atomic E-state index is 12.0. The van der Waals surface area contributed by atoms with Crippen LogP contribution < -0.4 is 4.74 Å². The van der Waals surface area contributed by atoms with Crippen LogP contribution in [0.5, 0.6) is 5.75 Å². The number of benzene rings is 1. The summed E-state index contributed by atoms with van der Waals surface area (Å²) in [7, 11) is 0. The van der Waals surface area contributed by atoms with Crippen LogP contribution in [0.25, 0.3) is 11.3 Å². The van der Waals surface area contributed by atoms with E-state index in [1.807, 2.05) is 24.4 Å². The summed E-state index contributed by atoms with van der Waals surface area (Å²) in [5, 5.41) is 0. The third-order valence-corrected chi connectivity index (χ3v) is 3.70. The number of hydrogen-bond donors (Lipinski definition) is 0. The quantitative estimate of drug-likeness (QED) is 0.432. The van der Waals surface area contributed by atoms with Crippen molar-refractivity contribution in [1.82, 2.24) is 4.98 Å². The highest BCUT2D eigenvalue weighted by Crippen LogP contribution is 2.21. The topological polar surface area (TPSA) is 22.1 Å². The van der Waals surface area contributed by atoms with Crippen molar-refractivity contribution in [2.75, 3.05) is 6.61 Å². The van der Waals surface area contributed by atoms with Crippen LogP contribution in [0.4, 0.5) is 13.2 Å². The third-order valence-electron chi connectivity index (χ3n) is 3.70. The predicted molar refractivity (Wildman–Crippen MR) is 93.6 cm³/mol. The van der Waals surface area contributed by atoms with E-state index in [0.29, 0.717) is 5.75 Å². The Bertz CT molecular complexity index is 661. The summed E-state index contributed by atoms with van der Waals surface area (Å²) in [5.74, 6) is 0.520. The van der Waals surface area contributed by atoms with Gasteiger partial charge in [0.1, 0.15) is 12.4 Å². The number of alkyl halides is 3. The zero-order valence-corrected chi connectivity index (χ0v) is 14.2. The van der Waals surface area contributed by atoms with E-state index in [1.54, 1.807) is 12.1 Å². The summed E-state index contributed by atoms with van der Waals surface area (Å²) in [4.78, 5) is 4.48. The molecule has 0 unspecified atom stereocenters. The SMILES string of the molecule is CCCCCc1ccc(-c2ccc(OC/C=C/C(F)(F)F)cc2)nc1. The average Bonchev–Trinajstić information content (AvgIpc) is 2.59. The lowest BCUT2D eigenvalue weighted by Gasteiger charge is -2.06. The summed E-state index contributed by atoms with van der Waals surface area (Å²) in [5.41, 5.74) is 3.04. The van der Waals surface area contributed by atoms with Gasteiger partial charge in [0, 0.05) is 17.8 Å². The number of halogens is 3. The Kier molecular flexibility index (Phi) is 7.04. The minimum atomic E-state index is -4.30. The van der Waals surface area contributed by atoms with Crippen molar-refractivity contribution >= 4 is 0 Å². The molecule has 1 heterocycles. The monoisotopic (exact) mass is 349 g/mol. The molecule has 0 bridgehead atoms. The van der Waals surface area contributed by atoms with E-state index in [2.05, 4.69) is 18.0 Å². The maximum Gasteiger partial charge on any atom is 0.409 e. The molecule has 0 aliphatic carbocycles. The number of unbranched alkanes of at least 4 members (excludes halogenated alkanes) is 2. The Morgan fingerprint density at radius 2 is 1.80 bits per heavy atom. The van der Waals surface area contributed by atoms with Crippen molar-refractivity contribution in [1.29, 1.82) is 0 Å². The fourth-order valence-corrected chi connectivity index (χ4v) is 2.37. The Morgan fingerprint density at radius 3 is 2.40 bits per heavy atom. The van der Waals surface area contributed by atoms with Crippen LogP contribution in [0.15, 0.2) is 54.7 Å². The minimum absolute atomic E-state index is 0.121. The van der Waals surface area contributed by atoms with E-state index in [4.69, 9.17) is 4.74 Å². The average molecular weight is 349 g/mol. The molecule has 0 fully saturated rings. The summed E-state index contributed by atoms with van der Waals surface area (Å²) in [6.07, 6.45) is 3.36. The molecular formula is C20H22F3NO. The van der Waals surface area contributed by atoms with Crippen molar-refractivity contribution in [3.8, 4) is 17.0 Å². The van der Waals surface area contributed by atoms with Crippen LogP contribution >= 0.6 is 0 Å². The summed E-state index contributed by atoms with van der Waals surface area (Å²) < 4.78 is 41.2. The Morgan fingerprint density at radius 1 is 1.04 bits per heavy atom. The largest absolute Gasteiger partial charge is 0.490 e. The first kappa shape index (κ1) is 19.0. The van der Waals surface area contributed by atoms with Gasteiger partial charge in [-0.05, 0) is 54.8 Å². The molecule has 2 rings (SSSR count). The van der Waals surface area contributed by atoms with Crippen molar-refractivity contribution in [2.45, 2.75) is 38.8 Å². The molecule has 1 aromatic carbocycles. The molecule has 134 valence electrons. The fraction of sp³-hybridized carbons (Fsp3) is 0.350. The zero-order valence-electron chi connectivity index (χ0n) is 14.2. The molecule has 5 heteroatoms. The van der Waals surface area contributed by atoms with Gasteiger partial charge in [-0.3, -0.25) is 4.98 Å². The van der Waals surface area contributed by atoms with E-state index in [9.17, 15) is 13.2 Å². The number of allylic oxidation sites excluding steroid dienone is 1. The molecule has 0 aliphatic heterocycles. The molecular weight excluding hydrogens is 327 g/mol. The van der Waals surface area contributed by atoms with Crippen LogP contribution in [-0.4, -0.2) is 17.8 Å². The summed E-state index contributed by atoms with van der Waals surface area (Å²) >= 11 is 0. The summed E-state index contributed by atoms with van der Waals surface area (Å²) in [6, 6.07) is 11.2. The molecule has 0 saturated heterocycles. The number of nitrogens with zero attached hydrogens (tertiary/aromatic N) is 1. The van der Waals surface area contributed by atoms with Gasteiger partial charge in [-0.15, -0.1) is 0 Å². The van der Waals surface area contributed by atoms with Gasteiger partial charge in [-0.1, -0.05) is 25.8 Å². The van der Waals surface area contributed by atoms with Crippen LogP contribution in [0, 0.1) is 0 Å². The second kappa shape index (κ2) is 9.25. The molecule has 2 aromatic rings. The van der Waals surface area contributed by atoms with Crippen molar-refractivity contribution < 1.29 is 17.9 Å². The lowest BCUT2D eigenvalue weighted by atomic mass is 10.1. The molecule has 0 saturated carbocycles. The summed E-state index contributed by atoms with van der Waals surface area (Å²) in [6.45, 7) is 2.06. The van der Waals surface area contributed by atoms with Gasteiger partial charge < -0.3 is 4.74 Å². The Labute approximate surface area is 146 Å². The van der Waals surface area contributed by atoms with E-state index in [1.165, 1.54) is 24.8 Å². The molecule has 0 spiro atoms. The lowest BCUT2D eigenvalue weighted by Crippen LogP contribution is -2.02. The highest BCUT2D eigenvalue weighted by atomic mass is 19.4. The highest BCUT2D eigenvalue weighted by molar-refractivity contribution is 5.60. The molecule has 1 aromatic heterocycles. The van der Waals surface area contributed by atoms with Gasteiger partial charge in [0.15, 0.2) is 0 Å². The lowest BCUT2D eigenvalue weighted by molar-refractivity contribution is -0.0801. The van der Waals surface area contributed by atoms with Gasteiger partial charge in [0.2, 0.25) is 0 Å². The van der Waals surface area contributed by atoms with E-state index in [-0.39, 0.29) is 12.7 Å². The van der Waals surface area contributed by atoms with Crippen LogP contribution in [0.3, 0.4) is 0 Å². The van der Waals surface area contributed by atoms with Crippen LogP contribution in [-0.2, 0) is 6.42 Å². The third kappa shape index (κ3) is 6.99. The molecule has 2 nitrogen and oxygen atoms in total. The molecule has 0 radical (unpaired) electrons. The fourth-order valence-electron chi connectivity index (χ4n) is 2.37. The molecule has 25 heavy (non-hydrogen) atoms. The van der Waals surface area contributed by atoms with Gasteiger partial charge in [-0.25, -0.2) is 0 Å². The first-order chi connectivity index (χ1) is 12.0. The number of hydrogen-bond acceptors (Lipinski definition) is 2. The van der Waals surface area contributed by atoms with Gasteiger partial charge in [0.05, 0.1) is 5.69 Å². The number of aryl methyl sites for hydroxylation is 1. The second-order valence-corrected chi connectivity index (χ2v) is 5.79. The van der Waals surface area contributed by atoms with Crippen molar-refractivity contribution in [3.05, 3.63) is 60.3 Å². The standard InChI is InChI=1S/C20H22F3NO/c1-2-3-4-6-16-7-12-19(24-15-16)17-8-10-18(11-9-17)25-14-5-13-20(21,22)23/h5,7-13,15H,2-4,6,14H2,1H3/b13-5+. The van der Waals surface area contributed by atoms with Gasteiger partial charge >= 0.3 is 6.18 Å². The van der Waals surface area contributed by atoms with Gasteiger partial charge in [0.25, 0.3) is 0 Å². The molecule has 0 atom stereocenters. The highest BCUT2D eigenvalue weighted by Gasteiger charge is 2.21. The minimum Gasteiger partial charge on any atom is -0.490 e. The number of aromatic nitrogens is 1. The van der Waals surface area contributed by atoms with Crippen LogP contribution in [0.2, 0.25) is 0 Å². The maximum absolute atomic E-state index is 12.0. The Balaban J connectivity index is 1.90. The smallest absolute Gasteiger partial charge is 0.409 e. The van der Waals surface area contributed by atoms with Crippen molar-refractivity contribution in [3.63, 3.8) is 0 Å². The molecule has 0 amide bonds. The number of pyridine rings is 1. The van der Waals surface area contributed by atoms with Crippen LogP contribution in [0.1, 0.15) is 31.7 Å². The molecule has 0 N–H and O–H groups in total. The van der Waals surface area contributed by atoms with E-state index in [0.717, 1.165) is 23.8 Å². The van der Waals surface area contributed by atoms with E-state index < -0.39 is 6.18 Å². The second-order valence-electron chi connectivity index (χ2n) is 5.79. The number of ether oxygens (including phenoxy) is 1. The first-order valence-corrected chi connectivity index (χ1v) is 8.40. The van der Waals surface area contributed by atoms with Gasteiger partial charge in [-0.2, -0.15) is 13.2 Å². The van der Waals surface area contributed by atoms with E-state index >= 15 is 0 Å². The Hall–Kier alpha value is -2.30. The molecule has 0 aliphatic rings. The predicted octanol–water partition coefficient (Wildman–Crippen LogP) is 5.98.